The van der Waals surface area contributed by atoms with Crippen molar-refractivity contribution >= 4 is 49.0 Å². The Labute approximate surface area is 275 Å². The van der Waals surface area contributed by atoms with Crippen molar-refractivity contribution in [1.29, 1.82) is 0 Å². The molecule has 10 rings (SSSR count). The van der Waals surface area contributed by atoms with Gasteiger partial charge in [0, 0.05) is 39.9 Å². The molecule has 0 unspecified atom stereocenters. The molecule has 6 nitrogen and oxygen atoms in total. The van der Waals surface area contributed by atoms with E-state index in [1.54, 1.807) is 0 Å². The molecule has 6 aromatic carbocycles. The van der Waals surface area contributed by atoms with Gasteiger partial charge < -0.3 is 4.40 Å². The molecule has 0 saturated carbocycles. The van der Waals surface area contributed by atoms with Crippen molar-refractivity contribution in [3.63, 3.8) is 0 Å². The van der Waals surface area contributed by atoms with E-state index in [1.807, 2.05) is 47.0 Å². The highest BCUT2D eigenvalue weighted by molar-refractivity contribution is 6.13. The van der Waals surface area contributed by atoms with Crippen molar-refractivity contribution in [2.75, 3.05) is 0 Å². The molecular weight excluding hydrogens is 589 g/mol. The molecule has 0 aliphatic carbocycles. The maximum atomic E-state index is 5.29. The predicted molar refractivity (Wildman–Crippen MR) is 194 cm³/mol. The topological polar surface area (TPSA) is 60.9 Å². The zero-order valence-electron chi connectivity index (χ0n) is 25.7. The van der Waals surface area contributed by atoms with Crippen LogP contribution in [0.3, 0.4) is 0 Å². The van der Waals surface area contributed by atoms with E-state index in [0.29, 0.717) is 17.6 Å². The number of imidazole rings is 1. The van der Waals surface area contributed by atoms with E-state index in [0.717, 1.165) is 60.6 Å². The van der Waals surface area contributed by atoms with E-state index in [1.165, 1.54) is 10.8 Å². The molecule has 0 N–H and O–H groups in total. The number of para-hydroxylation sites is 1. The lowest BCUT2D eigenvalue weighted by molar-refractivity contribution is 0.954. The SMILES string of the molecule is c1ccc(-c2nc(-c3cc4ccccc4c4ccccc34)nc(-n3c4ccccc4c4ccc(-c5cn6ccccc6n5)cc43)n2)cc1. The van der Waals surface area contributed by atoms with E-state index in [2.05, 4.69) is 120 Å². The van der Waals surface area contributed by atoms with Crippen LogP contribution in [-0.4, -0.2) is 28.9 Å². The van der Waals surface area contributed by atoms with Gasteiger partial charge in [-0.2, -0.15) is 9.97 Å². The van der Waals surface area contributed by atoms with E-state index >= 15 is 0 Å². The maximum absolute atomic E-state index is 5.29. The van der Waals surface area contributed by atoms with Crippen molar-refractivity contribution in [1.82, 2.24) is 28.9 Å². The third-order valence-electron chi connectivity index (χ3n) is 9.20. The molecule has 0 radical (unpaired) electrons. The van der Waals surface area contributed by atoms with Crippen molar-refractivity contribution in [3.8, 4) is 40.0 Å². The Hall–Kier alpha value is -6.66. The minimum atomic E-state index is 0.564. The summed E-state index contributed by atoms with van der Waals surface area (Å²) in [5.41, 5.74) is 6.77. The van der Waals surface area contributed by atoms with Crippen molar-refractivity contribution in [2.24, 2.45) is 0 Å². The largest absolute Gasteiger partial charge is 0.306 e. The summed E-state index contributed by atoms with van der Waals surface area (Å²) in [6.45, 7) is 0. The Morgan fingerprint density at radius 1 is 0.438 bits per heavy atom. The highest BCUT2D eigenvalue weighted by Gasteiger charge is 2.20. The van der Waals surface area contributed by atoms with Crippen LogP contribution in [0.15, 0.2) is 158 Å². The molecule has 4 aromatic heterocycles. The fourth-order valence-corrected chi connectivity index (χ4v) is 6.96. The lowest BCUT2D eigenvalue weighted by atomic mass is 9.97. The fourth-order valence-electron chi connectivity index (χ4n) is 6.96. The summed E-state index contributed by atoms with van der Waals surface area (Å²) >= 11 is 0. The van der Waals surface area contributed by atoms with Crippen molar-refractivity contribution in [2.45, 2.75) is 0 Å². The molecule has 48 heavy (non-hydrogen) atoms. The standard InChI is InChI=1S/C42H26N6/c1-2-12-27(13-3-1)40-44-41(35-24-28-14-4-5-15-30(28)31-16-6-7-17-32(31)35)46-42(45-40)48-37-19-9-8-18-33(37)34-22-21-29(25-38(34)48)36-26-47-23-11-10-20-39(47)43-36/h1-26H. The molecule has 6 heteroatoms. The molecule has 224 valence electrons. The van der Waals surface area contributed by atoms with Crippen LogP contribution >= 0.6 is 0 Å². The van der Waals surface area contributed by atoms with Crippen LogP contribution in [0, 0.1) is 0 Å². The molecule has 4 heterocycles. The molecule has 0 spiro atoms. The van der Waals surface area contributed by atoms with Gasteiger partial charge in [0.2, 0.25) is 5.95 Å². The Bertz CT molecular complexity index is 2810. The van der Waals surface area contributed by atoms with E-state index < -0.39 is 0 Å². The minimum absolute atomic E-state index is 0.564. The van der Waals surface area contributed by atoms with E-state index in [9.17, 15) is 0 Å². The van der Waals surface area contributed by atoms with Gasteiger partial charge in [0.05, 0.1) is 16.7 Å². The lowest BCUT2D eigenvalue weighted by Crippen LogP contribution is -2.06. The van der Waals surface area contributed by atoms with Crippen molar-refractivity contribution in [3.05, 3.63) is 158 Å². The van der Waals surface area contributed by atoms with Crippen LogP contribution in [0.5, 0.6) is 0 Å². The number of fused-ring (bicyclic) bond motifs is 7. The van der Waals surface area contributed by atoms with Gasteiger partial charge in [-0.15, -0.1) is 0 Å². The molecule has 0 amide bonds. The summed E-state index contributed by atoms with van der Waals surface area (Å²) < 4.78 is 4.22. The summed E-state index contributed by atoms with van der Waals surface area (Å²) in [7, 11) is 0. The van der Waals surface area contributed by atoms with Crippen LogP contribution in [0.2, 0.25) is 0 Å². The van der Waals surface area contributed by atoms with Crippen LogP contribution in [-0.2, 0) is 0 Å². The first kappa shape index (κ1) is 26.5. The smallest absolute Gasteiger partial charge is 0.238 e. The number of pyridine rings is 1. The Balaban J connectivity index is 1.28. The Morgan fingerprint density at radius 2 is 1.15 bits per heavy atom. The van der Waals surface area contributed by atoms with Gasteiger partial charge >= 0.3 is 0 Å². The second-order valence-corrected chi connectivity index (χ2v) is 12.0. The summed E-state index contributed by atoms with van der Waals surface area (Å²) in [4.78, 5) is 20.5. The molecular formula is C42H26N6. The third kappa shape index (κ3) is 4.13. The zero-order valence-corrected chi connectivity index (χ0v) is 25.7. The first-order valence-electron chi connectivity index (χ1n) is 16.0. The van der Waals surface area contributed by atoms with Gasteiger partial charge in [-0.05, 0) is 51.9 Å². The highest BCUT2D eigenvalue weighted by atomic mass is 15.2. The molecule has 0 aliphatic heterocycles. The lowest BCUT2D eigenvalue weighted by Gasteiger charge is -2.13. The maximum Gasteiger partial charge on any atom is 0.238 e. The van der Waals surface area contributed by atoms with Gasteiger partial charge in [0.1, 0.15) is 5.65 Å². The molecule has 10 aromatic rings. The first-order chi connectivity index (χ1) is 23.8. The Morgan fingerprint density at radius 3 is 2.02 bits per heavy atom. The average molecular weight is 615 g/mol. The molecule has 0 bridgehead atoms. The summed E-state index contributed by atoms with van der Waals surface area (Å²) in [5.74, 6) is 1.81. The van der Waals surface area contributed by atoms with Crippen LogP contribution in [0.1, 0.15) is 0 Å². The molecule has 0 atom stereocenters. The van der Waals surface area contributed by atoms with Crippen molar-refractivity contribution < 1.29 is 0 Å². The Kier molecular flexibility index (Phi) is 5.77. The van der Waals surface area contributed by atoms with Gasteiger partial charge in [0.25, 0.3) is 0 Å². The monoisotopic (exact) mass is 614 g/mol. The summed E-state index contributed by atoms with van der Waals surface area (Å²) in [5, 5.41) is 6.87. The van der Waals surface area contributed by atoms with Crippen LogP contribution < -0.4 is 0 Å². The normalized spacial score (nSPS) is 11.8. The average Bonchev–Trinajstić information content (AvgIpc) is 3.74. The third-order valence-corrected chi connectivity index (χ3v) is 9.20. The number of hydrogen-bond acceptors (Lipinski definition) is 4. The number of benzene rings is 6. The summed E-state index contributed by atoms with van der Waals surface area (Å²) in [6.07, 6.45) is 4.10. The fraction of sp³-hybridized carbons (Fsp3) is 0. The van der Waals surface area contributed by atoms with Gasteiger partial charge in [-0.3, -0.25) is 4.57 Å². The van der Waals surface area contributed by atoms with E-state index in [4.69, 9.17) is 19.9 Å². The predicted octanol–water partition coefficient (Wildman–Crippen LogP) is 9.92. The van der Waals surface area contributed by atoms with E-state index in [-0.39, 0.29) is 0 Å². The van der Waals surface area contributed by atoms with Crippen LogP contribution in [0.25, 0.3) is 89.0 Å². The van der Waals surface area contributed by atoms with Crippen LogP contribution in [0.4, 0.5) is 0 Å². The van der Waals surface area contributed by atoms with Gasteiger partial charge in [-0.1, -0.05) is 115 Å². The quantitative estimate of drug-likeness (QED) is 0.185. The number of hydrogen-bond donors (Lipinski definition) is 0. The van der Waals surface area contributed by atoms with Gasteiger partial charge in [0.15, 0.2) is 11.6 Å². The number of aromatic nitrogens is 6. The molecule has 0 saturated heterocycles. The minimum Gasteiger partial charge on any atom is -0.306 e. The second-order valence-electron chi connectivity index (χ2n) is 12.0. The first-order valence-corrected chi connectivity index (χ1v) is 16.0. The number of rotatable bonds is 4. The highest BCUT2D eigenvalue weighted by Crippen LogP contribution is 2.37. The van der Waals surface area contributed by atoms with Gasteiger partial charge in [-0.25, -0.2) is 9.97 Å². The zero-order chi connectivity index (χ0) is 31.6. The second kappa shape index (κ2) is 10.4. The number of nitrogens with zero attached hydrogens (tertiary/aromatic N) is 6. The molecule has 0 aliphatic rings. The summed E-state index contributed by atoms with van der Waals surface area (Å²) in [6, 6.07) is 50.4. The molecule has 0 fully saturated rings.